The quantitative estimate of drug-likeness (QED) is 0.798. The van der Waals surface area contributed by atoms with Crippen LogP contribution in [0.15, 0.2) is 18.3 Å². The number of thiocarbonyl (C=S) groups is 1. The molecule has 0 aromatic carbocycles. The van der Waals surface area contributed by atoms with Gasteiger partial charge in [0.2, 0.25) is 0 Å². The average Bonchev–Trinajstić information content (AvgIpc) is 2.33. The Morgan fingerprint density at radius 1 is 1.59 bits per heavy atom. The van der Waals surface area contributed by atoms with E-state index < -0.39 is 0 Å². The highest BCUT2D eigenvalue weighted by atomic mass is 32.1. The molecule has 0 saturated carbocycles. The van der Waals surface area contributed by atoms with E-state index in [1.807, 2.05) is 12.1 Å². The lowest BCUT2D eigenvalue weighted by atomic mass is 9.98. The maximum absolute atomic E-state index is 5.52. The number of anilines is 1. The zero-order chi connectivity index (χ0) is 12.3. The third-order valence-corrected chi connectivity index (χ3v) is 3.26. The molecule has 0 aliphatic carbocycles. The van der Waals surface area contributed by atoms with E-state index in [1.165, 1.54) is 0 Å². The lowest BCUT2D eigenvalue weighted by molar-refractivity contribution is 0.0537. The first-order chi connectivity index (χ1) is 8.16. The van der Waals surface area contributed by atoms with Gasteiger partial charge in [-0.05, 0) is 24.5 Å². The van der Waals surface area contributed by atoms with Crippen molar-refractivity contribution in [3.63, 3.8) is 0 Å². The average molecular weight is 251 g/mol. The zero-order valence-corrected chi connectivity index (χ0v) is 10.7. The Labute approximate surface area is 107 Å². The number of rotatable bonds is 3. The van der Waals surface area contributed by atoms with E-state index in [2.05, 4.69) is 17.2 Å². The summed E-state index contributed by atoms with van der Waals surface area (Å²) in [5, 5.41) is 3.42. The fourth-order valence-corrected chi connectivity index (χ4v) is 2.03. The van der Waals surface area contributed by atoms with E-state index in [1.54, 1.807) is 6.20 Å². The molecule has 1 saturated heterocycles. The Kier molecular flexibility index (Phi) is 3.91. The Balaban J connectivity index is 2.00. The van der Waals surface area contributed by atoms with Crippen LogP contribution in [-0.4, -0.2) is 29.2 Å². The molecule has 4 nitrogen and oxygen atoms in total. The lowest BCUT2D eigenvalue weighted by Crippen LogP contribution is -2.36. The molecule has 92 valence electrons. The highest BCUT2D eigenvalue weighted by Gasteiger charge is 2.21. The van der Waals surface area contributed by atoms with E-state index in [0.29, 0.717) is 16.9 Å². The van der Waals surface area contributed by atoms with Crippen molar-refractivity contribution < 1.29 is 4.74 Å². The molecule has 1 aromatic heterocycles. The molecule has 0 spiro atoms. The molecule has 2 heterocycles. The van der Waals surface area contributed by atoms with Gasteiger partial charge in [0.1, 0.15) is 10.8 Å². The Morgan fingerprint density at radius 3 is 3.00 bits per heavy atom. The van der Waals surface area contributed by atoms with Crippen LogP contribution in [0.1, 0.15) is 18.9 Å². The second-order valence-corrected chi connectivity index (χ2v) is 4.83. The van der Waals surface area contributed by atoms with Crippen LogP contribution >= 0.6 is 12.2 Å². The predicted molar refractivity (Wildman–Crippen MR) is 72.1 cm³/mol. The van der Waals surface area contributed by atoms with Crippen molar-refractivity contribution in [1.82, 2.24) is 4.98 Å². The largest absolute Gasteiger partial charge is 0.389 e. The fraction of sp³-hybridized carbons (Fsp3) is 0.500. The predicted octanol–water partition coefficient (Wildman–Crippen LogP) is 1.55. The van der Waals surface area contributed by atoms with Crippen LogP contribution in [0.4, 0.5) is 5.82 Å². The normalized spacial score (nSPS) is 24.3. The van der Waals surface area contributed by atoms with Crippen LogP contribution in [0.25, 0.3) is 0 Å². The molecule has 3 N–H and O–H groups in total. The highest BCUT2D eigenvalue weighted by Crippen LogP contribution is 2.18. The van der Waals surface area contributed by atoms with Crippen molar-refractivity contribution in [2.75, 3.05) is 18.5 Å². The summed E-state index contributed by atoms with van der Waals surface area (Å²) < 4.78 is 5.41. The minimum absolute atomic E-state index is 0.378. The first-order valence-electron chi connectivity index (χ1n) is 5.77. The SMILES string of the molecule is CC1COCCC1Nc1ccc(C(N)=S)cn1. The molecule has 1 aliphatic rings. The van der Waals surface area contributed by atoms with Crippen molar-refractivity contribution in [3.8, 4) is 0 Å². The van der Waals surface area contributed by atoms with E-state index >= 15 is 0 Å². The molecule has 2 rings (SSSR count). The minimum Gasteiger partial charge on any atom is -0.389 e. The maximum atomic E-state index is 5.52. The number of nitrogens with one attached hydrogen (secondary N) is 1. The van der Waals surface area contributed by atoms with Crippen LogP contribution in [0.2, 0.25) is 0 Å². The summed E-state index contributed by atoms with van der Waals surface area (Å²) in [6.45, 7) is 3.80. The third-order valence-electron chi connectivity index (χ3n) is 3.02. The highest BCUT2D eigenvalue weighted by molar-refractivity contribution is 7.80. The smallest absolute Gasteiger partial charge is 0.126 e. The first-order valence-corrected chi connectivity index (χ1v) is 6.18. The number of pyridine rings is 1. The van der Waals surface area contributed by atoms with Gasteiger partial charge >= 0.3 is 0 Å². The van der Waals surface area contributed by atoms with Crippen molar-refractivity contribution >= 4 is 23.0 Å². The Bertz CT molecular complexity index is 393. The standard InChI is InChI=1S/C12H17N3OS/c1-8-7-16-5-4-10(8)15-11-3-2-9(6-14-11)12(13)17/h2-3,6,8,10H,4-5,7H2,1H3,(H2,13,17)(H,14,15). The number of aromatic nitrogens is 1. The van der Waals surface area contributed by atoms with E-state index in [0.717, 1.165) is 31.0 Å². The number of nitrogens with zero attached hydrogens (tertiary/aromatic N) is 1. The molecule has 0 bridgehead atoms. The van der Waals surface area contributed by atoms with Crippen molar-refractivity contribution in [2.24, 2.45) is 11.7 Å². The molecule has 1 aliphatic heterocycles. The topological polar surface area (TPSA) is 60.2 Å². The van der Waals surface area contributed by atoms with Gasteiger partial charge in [0.25, 0.3) is 0 Å². The first kappa shape index (κ1) is 12.3. The van der Waals surface area contributed by atoms with Crippen molar-refractivity contribution in [1.29, 1.82) is 0 Å². The van der Waals surface area contributed by atoms with E-state index in [4.69, 9.17) is 22.7 Å². The summed E-state index contributed by atoms with van der Waals surface area (Å²) >= 11 is 4.89. The summed E-state index contributed by atoms with van der Waals surface area (Å²) in [5.41, 5.74) is 6.32. The Morgan fingerprint density at radius 2 is 2.41 bits per heavy atom. The van der Waals surface area contributed by atoms with E-state index in [9.17, 15) is 0 Å². The number of nitrogens with two attached hydrogens (primary N) is 1. The van der Waals surface area contributed by atoms with Gasteiger partial charge in [0, 0.05) is 24.4 Å². The summed E-state index contributed by atoms with van der Waals surface area (Å²) in [4.78, 5) is 4.69. The number of hydrogen-bond acceptors (Lipinski definition) is 4. The van der Waals surface area contributed by atoms with Crippen LogP contribution in [0.3, 0.4) is 0 Å². The van der Waals surface area contributed by atoms with Gasteiger partial charge in [-0.15, -0.1) is 0 Å². The zero-order valence-electron chi connectivity index (χ0n) is 9.85. The molecular weight excluding hydrogens is 234 g/mol. The van der Waals surface area contributed by atoms with Crippen molar-refractivity contribution in [2.45, 2.75) is 19.4 Å². The van der Waals surface area contributed by atoms with Gasteiger partial charge in [-0.2, -0.15) is 0 Å². The van der Waals surface area contributed by atoms with Crippen LogP contribution < -0.4 is 11.1 Å². The van der Waals surface area contributed by atoms with Crippen LogP contribution in [-0.2, 0) is 4.74 Å². The van der Waals surface area contributed by atoms with Gasteiger partial charge in [-0.1, -0.05) is 19.1 Å². The second kappa shape index (κ2) is 5.42. The van der Waals surface area contributed by atoms with Crippen LogP contribution in [0.5, 0.6) is 0 Å². The molecule has 17 heavy (non-hydrogen) atoms. The summed E-state index contributed by atoms with van der Waals surface area (Å²) in [5.74, 6) is 1.37. The molecule has 0 amide bonds. The molecule has 2 unspecified atom stereocenters. The summed E-state index contributed by atoms with van der Waals surface area (Å²) in [6, 6.07) is 4.23. The number of hydrogen-bond donors (Lipinski definition) is 2. The van der Waals surface area contributed by atoms with Gasteiger partial charge in [-0.25, -0.2) is 4.98 Å². The van der Waals surface area contributed by atoms with Crippen LogP contribution in [0, 0.1) is 5.92 Å². The molecule has 1 fully saturated rings. The summed E-state index contributed by atoms with van der Waals surface area (Å²) in [7, 11) is 0. The monoisotopic (exact) mass is 251 g/mol. The second-order valence-electron chi connectivity index (χ2n) is 4.39. The minimum atomic E-state index is 0.378. The molecule has 0 radical (unpaired) electrons. The maximum Gasteiger partial charge on any atom is 0.126 e. The van der Waals surface area contributed by atoms with Gasteiger partial charge in [-0.3, -0.25) is 0 Å². The van der Waals surface area contributed by atoms with E-state index in [-0.39, 0.29) is 0 Å². The van der Waals surface area contributed by atoms with Gasteiger partial charge in [0.05, 0.1) is 6.61 Å². The molecule has 1 aromatic rings. The molecule has 5 heteroatoms. The fourth-order valence-electron chi connectivity index (χ4n) is 1.91. The third kappa shape index (κ3) is 3.14. The molecular formula is C12H17N3OS. The number of ether oxygens (including phenoxy) is 1. The molecule has 2 atom stereocenters. The van der Waals surface area contributed by atoms with Gasteiger partial charge in [0.15, 0.2) is 0 Å². The summed E-state index contributed by atoms with van der Waals surface area (Å²) in [6.07, 6.45) is 2.72. The van der Waals surface area contributed by atoms with Gasteiger partial charge < -0.3 is 15.8 Å². The lowest BCUT2D eigenvalue weighted by Gasteiger charge is -2.29. The Hall–Kier alpha value is -1.20. The van der Waals surface area contributed by atoms with Crippen molar-refractivity contribution in [3.05, 3.63) is 23.9 Å².